The summed E-state index contributed by atoms with van der Waals surface area (Å²) in [5.74, 6) is -2.34. The molecule has 0 saturated carbocycles. The Balaban J connectivity index is 2.56. The molecule has 0 bridgehead atoms. The van der Waals surface area contributed by atoms with Gasteiger partial charge in [-0.1, -0.05) is 0 Å². The van der Waals surface area contributed by atoms with Crippen LogP contribution in [0.3, 0.4) is 0 Å². The highest BCUT2D eigenvalue weighted by atomic mass is 19.1. The van der Waals surface area contributed by atoms with Crippen molar-refractivity contribution in [2.24, 2.45) is 0 Å². The lowest BCUT2D eigenvalue weighted by atomic mass is 10.0. The van der Waals surface area contributed by atoms with Crippen LogP contribution in [0.4, 0.5) is 10.1 Å². The molecule has 0 aliphatic carbocycles. The van der Waals surface area contributed by atoms with Gasteiger partial charge in [-0.2, -0.15) is 9.65 Å². The number of nitro groups is 1. The molecule has 2 aromatic rings. The van der Waals surface area contributed by atoms with Crippen LogP contribution in [0.2, 0.25) is 0 Å². The van der Waals surface area contributed by atoms with Gasteiger partial charge in [0.25, 0.3) is 0 Å². The second-order valence-electron chi connectivity index (χ2n) is 4.20. The molecule has 0 radical (unpaired) electrons. The molecule has 0 aliphatic rings. The van der Waals surface area contributed by atoms with E-state index in [4.69, 9.17) is 5.26 Å². The van der Waals surface area contributed by atoms with Gasteiger partial charge in [-0.3, -0.25) is 10.1 Å². The first-order chi connectivity index (χ1) is 10.4. The number of nitrogens with zero attached hydrogens (tertiary/aromatic N) is 3. The van der Waals surface area contributed by atoms with E-state index >= 15 is 0 Å². The number of benzene rings is 1. The van der Waals surface area contributed by atoms with Gasteiger partial charge in [0.2, 0.25) is 11.7 Å². The van der Waals surface area contributed by atoms with Gasteiger partial charge in [-0.25, -0.2) is 4.98 Å². The molecule has 0 saturated heterocycles. The predicted molar refractivity (Wildman–Crippen MR) is 74.1 cm³/mol. The van der Waals surface area contributed by atoms with E-state index < -0.39 is 28.1 Å². The minimum absolute atomic E-state index is 0.0145. The molecule has 0 fully saturated rings. The molecule has 2 rings (SSSR count). The summed E-state index contributed by atoms with van der Waals surface area (Å²) in [5, 5.41) is 38.8. The summed E-state index contributed by atoms with van der Waals surface area (Å²) in [6, 6.07) is 6.30. The molecule has 1 aromatic heterocycles. The summed E-state index contributed by atoms with van der Waals surface area (Å²) >= 11 is 0. The number of rotatable bonds is 3. The van der Waals surface area contributed by atoms with Gasteiger partial charge in [0.1, 0.15) is 0 Å². The highest BCUT2D eigenvalue weighted by Gasteiger charge is 2.18. The normalized spacial score (nSPS) is 11.0. The van der Waals surface area contributed by atoms with Crippen molar-refractivity contribution in [3.05, 3.63) is 57.7 Å². The van der Waals surface area contributed by atoms with Crippen molar-refractivity contribution in [2.75, 3.05) is 0 Å². The highest BCUT2D eigenvalue weighted by Crippen LogP contribution is 2.37. The number of nitriles is 1. The first-order valence-electron chi connectivity index (χ1n) is 5.86. The van der Waals surface area contributed by atoms with E-state index in [1.54, 1.807) is 0 Å². The lowest BCUT2D eigenvalue weighted by Gasteiger charge is -2.03. The number of aromatic nitrogens is 1. The lowest BCUT2D eigenvalue weighted by molar-refractivity contribution is -0.386. The Morgan fingerprint density at radius 3 is 2.73 bits per heavy atom. The minimum Gasteiger partial charge on any atom is -0.504 e. The summed E-state index contributed by atoms with van der Waals surface area (Å²) in [6.07, 6.45) is 2.40. The van der Waals surface area contributed by atoms with Crippen molar-refractivity contribution in [3.63, 3.8) is 0 Å². The highest BCUT2D eigenvalue weighted by molar-refractivity contribution is 5.90. The smallest absolute Gasteiger partial charge is 0.315 e. The van der Waals surface area contributed by atoms with Crippen LogP contribution in [0.5, 0.6) is 11.5 Å². The second-order valence-corrected chi connectivity index (χ2v) is 4.20. The fourth-order valence-electron chi connectivity index (χ4n) is 1.76. The fraction of sp³-hybridized carbons (Fsp3) is 0. The van der Waals surface area contributed by atoms with E-state index in [1.807, 2.05) is 6.07 Å². The van der Waals surface area contributed by atoms with Gasteiger partial charge >= 0.3 is 5.69 Å². The van der Waals surface area contributed by atoms with Crippen LogP contribution in [-0.4, -0.2) is 20.1 Å². The van der Waals surface area contributed by atoms with E-state index in [-0.39, 0.29) is 16.7 Å². The molecule has 8 heteroatoms. The van der Waals surface area contributed by atoms with Crippen molar-refractivity contribution in [3.8, 4) is 17.6 Å². The molecule has 2 N–H and O–H groups in total. The van der Waals surface area contributed by atoms with Crippen LogP contribution in [0.1, 0.15) is 11.1 Å². The topological polar surface area (TPSA) is 120 Å². The summed E-state index contributed by atoms with van der Waals surface area (Å²) in [6.45, 7) is 0. The SMILES string of the molecule is N#CC(=Cc1cc(O)c(O)c([N+](=O)[O-])c1)c1ccnc(F)c1. The maximum atomic E-state index is 13.1. The molecule has 0 unspecified atom stereocenters. The molecule has 0 atom stereocenters. The number of hydrogen-bond acceptors (Lipinski definition) is 6. The van der Waals surface area contributed by atoms with Crippen molar-refractivity contribution < 1.29 is 19.5 Å². The molecule has 22 heavy (non-hydrogen) atoms. The first-order valence-corrected chi connectivity index (χ1v) is 5.86. The zero-order valence-electron chi connectivity index (χ0n) is 10.9. The average molecular weight is 301 g/mol. The van der Waals surface area contributed by atoms with Crippen LogP contribution >= 0.6 is 0 Å². The average Bonchev–Trinajstić information content (AvgIpc) is 2.47. The number of pyridine rings is 1. The van der Waals surface area contributed by atoms with Crippen LogP contribution in [0.25, 0.3) is 11.6 Å². The number of allylic oxidation sites excluding steroid dienone is 1. The number of nitro benzene ring substituents is 1. The quantitative estimate of drug-likeness (QED) is 0.295. The summed E-state index contributed by atoms with van der Waals surface area (Å²) in [7, 11) is 0. The van der Waals surface area contributed by atoms with Crippen LogP contribution < -0.4 is 0 Å². The minimum atomic E-state index is -0.870. The van der Waals surface area contributed by atoms with Gasteiger partial charge in [0.15, 0.2) is 5.75 Å². The van der Waals surface area contributed by atoms with E-state index in [9.17, 15) is 24.7 Å². The maximum Gasteiger partial charge on any atom is 0.315 e. The standard InChI is InChI=1S/C14H8FN3O4/c15-13-6-9(1-2-17-13)10(7-16)3-8-4-11(18(21)22)14(20)12(19)5-8/h1-6,19-20H. The largest absolute Gasteiger partial charge is 0.504 e. The van der Waals surface area contributed by atoms with Crippen LogP contribution in [-0.2, 0) is 0 Å². The maximum absolute atomic E-state index is 13.1. The number of aromatic hydroxyl groups is 2. The Labute approximate surface area is 123 Å². The number of phenols is 2. The molecule has 0 aliphatic heterocycles. The molecular formula is C14H8FN3O4. The van der Waals surface area contributed by atoms with E-state index in [0.29, 0.717) is 0 Å². The molecular weight excluding hydrogens is 293 g/mol. The third kappa shape index (κ3) is 2.99. The summed E-state index contributed by atoms with van der Waals surface area (Å²) in [4.78, 5) is 13.3. The number of halogens is 1. The third-order valence-electron chi connectivity index (χ3n) is 2.76. The van der Waals surface area contributed by atoms with Crippen molar-refractivity contribution in [1.29, 1.82) is 5.26 Å². The molecule has 0 amide bonds. The Bertz CT molecular complexity index is 827. The molecule has 110 valence electrons. The van der Waals surface area contributed by atoms with E-state index in [2.05, 4.69) is 4.98 Å². The zero-order valence-corrected chi connectivity index (χ0v) is 10.9. The van der Waals surface area contributed by atoms with Gasteiger partial charge in [-0.15, -0.1) is 0 Å². The van der Waals surface area contributed by atoms with E-state index in [0.717, 1.165) is 18.2 Å². The van der Waals surface area contributed by atoms with Crippen LogP contribution in [0, 0.1) is 27.4 Å². The third-order valence-corrected chi connectivity index (χ3v) is 2.76. The predicted octanol–water partition coefficient (Wildman–Crippen LogP) is 2.60. The second kappa shape index (κ2) is 5.88. The number of phenolic OH excluding ortho intramolecular Hbond substituents is 2. The van der Waals surface area contributed by atoms with Crippen LogP contribution in [0.15, 0.2) is 30.5 Å². The number of hydrogen-bond donors (Lipinski definition) is 2. The van der Waals surface area contributed by atoms with Gasteiger partial charge in [0, 0.05) is 18.3 Å². The van der Waals surface area contributed by atoms with Gasteiger partial charge < -0.3 is 10.2 Å². The van der Waals surface area contributed by atoms with E-state index in [1.165, 1.54) is 18.3 Å². The molecule has 1 heterocycles. The summed E-state index contributed by atoms with van der Waals surface area (Å²) < 4.78 is 13.1. The molecule has 1 aromatic carbocycles. The van der Waals surface area contributed by atoms with Crippen molar-refractivity contribution in [2.45, 2.75) is 0 Å². The lowest BCUT2D eigenvalue weighted by Crippen LogP contribution is -1.91. The Morgan fingerprint density at radius 2 is 2.14 bits per heavy atom. The van der Waals surface area contributed by atoms with Gasteiger partial charge in [-0.05, 0) is 29.3 Å². The molecule has 7 nitrogen and oxygen atoms in total. The Morgan fingerprint density at radius 1 is 1.41 bits per heavy atom. The van der Waals surface area contributed by atoms with Crippen molar-refractivity contribution in [1.82, 2.24) is 4.98 Å². The molecule has 0 spiro atoms. The monoisotopic (exact) mass is 301 g/mol. The first kappa shape index (κ1) is 14.9. The Kier molecular flexibility index (Phi) is 3.99. The zero-order chi connectivity index (χ0) is 16.3. The fourth-order valence-corrected chi connectivity index (χ4v) is 1.76. The van der Waals surface area contributed by atoms with Gasteiger partial charge in [0.05, 0.1) is 16.6 Å². The summed E-state index contributed by atoms with van der Waals surface area (Å²) in [5.41, 5.74) is -0.355. The Hall–Kier alpha value is -3.47. The van der Waals surface area contributed by atoms with Crippen molar-refractivity contribution >= 4 is 17.3 Å².